The Bertz CT molecular complexity index is 471. The summed E-state index contributed by atoms with van der Waals surface area (Å²) < 4.78 is 0. The zero-order chi connectivity index (χ0) is 11.9. The Morgan fingerprint density at radius 1 is 1.06 bits per heavy atom. The van der Waals surface area contributed by atoms with Crippen molar-refractivity contribution in [3.63, 3.8) is 0 Å². The molecule has 0 aliphatic carbocycles. The van der Waals surface area contributed by atoms with Crippen molar-refractivity contribution in [2.45, 2.75) is 13.0 Å². The summed E-state index contributed by atoms with van der Waals surface area (Å²) in [5.41, 5.74) is 1.96. The van der Waals surface area contributed by atoms with E-state index in [1.54, 1.807) is 24.8 Å². The van der Waals surface area contributed by atoms with Gasteiger partial charge >= 0.3 is 0 Å². The largest absolute Gasteiger partial charge is 0.352 e. The molecule has 0 unspecified atom stereocenters. The number of nitrogens with zero attached hydrogens (tertiary/aromatic N) is 2. The van der Waals surface area contributed by atoms with Gasteiger partial charge in [0.25, 0.3) is 0 Å². The minimum atomic E-state index is 0.0000491. The Hall–Kier alpha value is -2.23. The van der Waals surface area contributed by atoms with Crippen LogP contribution in [0.4, 0.5) is 0 Å². The maximum absolute atomic E-state index is 11.6. The van der Waals surface area contributed by atoms with Gasteiger partial charge in [-0.05, 0) is 29.3 Å². The van der Waals surface area contributed by atoms with Crippen LogP contribution in [0.15, 0.2) is 49.1 Å². The van der Waals surface area contributed by atoms with E-state index in [2.05, 4.69) is 15.3 Å². The van der Waals surface area contributed by atoms with E-state index in [0.717, 1.165) is 11.1 Å². The van der Waals surface area contributed by atoms with Crippen LogP contribution in [0.2, 0.25) is 0 Å². The van der Waals surface area contributed by atoms with Crippen LogP contribution in [0.25, 0.3) is 0 Å². The SMILES string of the molecule is O=C(Cc1ccncc1)NCc1cccnc1. The van der Waals surface area contributed by atoms with Crippen molar-refractivity contribution in [2.24, 2.45) is 0 Å². The average Bonchev–Trinajstić information content (AvgIpc) is 2.39. The van der Waals surface area contributed by atoms with Crippen molar-refractivity contribution < 1.29 is 4.79 Å². The standard InChI is InChI=1S/C13H13N3O/c17-13(8-11-3-6-14-7-4-11)16-10-12-2-1-5-15-9-12/h1-7,9H,8,10H2,(H,16,17). The van der Waals surface area contributed by atoms with Crippen LogP contribution in [0.5, 0.6) is 0 Å². The topological polar surface area (TPSA) is 54.9 Å². The van der Waals surface area contributed by atoms with Crippen molar-refractivity contribution in [3.05, 3.63) is 60.2 Å². The fourth-order valence-corrected chi connectivity index (χ4v) is 1.45. The first kappa shape index (κ1) is 11.3. The van der Waals surface area contributed by atoms with Gasteiger partial charge in [-0.25, -0.2) is 0 Å². The molecule has 0 bridgehead atoms. The third kappa shape index (κ3) is 3.68. The molecule has 0 saturated heterocycles. The summed E-state index contributed by atoms with van der Waals surface area (Å²) in [6.45, 7) is 0.512. The summed E-state index contributed by atoms with van der Waals surface area (Å²) in [6, 6.07) is 7.46. The number of rotatable bonds is 4. The van der Waals surface area contributed by atoms with Gasteiger partial charge in [0.1, 0.15) is 0 Å². The fourth-order valence-electron chi connectivity index (χ4n) is 1.45. The molecule has 17 heavy (non-hydrogen) atoms. The predicted molar refractivity (Wildman–Crippen MR) is 64.0 cm³/mol. The Kier molecular flexibility index (Phi) is 3.81. The lowest BCUT2D eigenvalue weighted by Gasteiger charge is -2.04. The molecule has 1 N–H and O–H groups in total. The second kappa shape index (κ2) is 5.75. The minimum absolute atomic E-state index is 0.0000491. The normalized spacial score (nSPS) is 9.88. The first-order valence-corrected chi connectivity index (χ1v) is 5.39. The highest BCUT2D eigenvalue weighted by Crippen LogP contribution is 1.98. The quantitative estimate of drug-likeness (QED) is 0.857. The lowest BCUT2D eigenvalue weighted by molar-refractivity contribution is -0.120. The van der Waals surface area contributed by atoms with E-state index in [0.29, 0.717) is 13.0 Å². The van der Waals surface area contributed by atoms with Gasteiger partial charge in [0.15, 0.2) is 0 Å². The van der Waals surface area contributed by atoms with E-state index in [4.69, 9.17) is 0 Å². The lowest BCUT2D eigenvalue weighted by Crippen LogP contribution is -2.24. The van der Waals surface area contributed by atoms with Crippen LogP contribution in [-0.4, -0.2) is 15.9 Å². The molecule has 0 aromatic carbocycles. The van der Waals surface area contributed by atoms with Crippen molar-refractivity contribution in [3.8, 4) is 0 Å². The molecule has 86 valence electrons. The number of carbonyl (C=O) groups excluding carboxylic acids is 1. The lowest BCUT2D eigenvalue weighted by atomic mass is 10.2. The fraction of sp³-hybridized carbons (Fsp3) is 0.154. The number of carbonyl (C=O) groups is 1. The maximum Gasteiger partial charge on any atom is 0.224 e. The van der Waals surface area contributed by atoms with Gasteiger partial charge in [0, 0.05) is 31.3 Å². The van der Waals surface area contributed by atoms with Crippen molar-refractivity contribution >= 4 is 5.91 Å². The van der Waals surface area contributed by atoms with Gasteiger partial charge in [-0.1, -0.05) is 6.07 Å². The van der Waals surface area contributed by atoms with Crippen LogP contribution in [0.3, 0.4) is 0 Å². The highest BCUT2D eigenvalue weighted by Gasteiger charge is 2.02. The van der Waals surface area contributed by atoms with Crippen molar-refractivity contribution in [2.75, 3.05) is 0 Å². The highest BCUT2D eigenvalue weighted by atomic mass is 16.1. The van der Waals surface area contributed by atoms with Gasteiger partial charge in [-0.3, -0.25) is 14.8 Å². The maximum atomic E-state index is 11.6. The van der Waals surface area contributed by atoms with E-state index < -0.39 is 0 Å². The van der Waals surface area contributed by atoms with Gasteiger partial charge in [0.05, 0.1) is 6.42 Å². The van der Waals surface area contributed by atoms with Crippen LogP contribution >= 0.6 is 0 Å². The molecule has 0 radical (unpaired) electrons. The Labute approximate surface area is 99.7 Å². The minimum Gasteiger partial charge on any atom is -0.352 e. The molecule has 2 rings (SSSR count). The molecule has 0 fully saturated rings. The molecular weight excluding hydrogens is 214 g/mol. The predicted octanol–water partition coefficient (Wildman–Crippen LogP) is 1.34. The molecule has 0 saturated carbocycles. The first-order valence-electron chi connectivity index (χ1n) is 5.39. The summed E-state index contributed by atoms with van der Waals surface area (Å²) >= 11 is 0. The zero-order valence-electron chi connectivity index (χ0n) is 9.34. The van der Waals surface area contributed by atoms with E-state index >= 15 is 0 Å². The summed E-state index contributed by atoms with van der Waals surface area (Å²) in [7, 11) is 0. The van der Waals surface area contributed by atoms with Crippen molar-refractivity contribution in [1.29, 1.82) is 0 Å². The highest BCUT2D eigenvalue weighted by molar-refractivity contribution is 5.78. The van der Waals surface area contributed by atoms with Gasteiger partial charge < -0.3 is 5.32 Å². The van der Waals surface area contributed by atoms with E-state index in [9.17, 15) is 4.79 Å². The summed E-state index contributed by atoms with van der Waals surface area (Å²) in [4.78, 5) is 19.5. The smallest absolute Gasteiger partial charge is 0.224 e. The van der Waals surface area contributed by atoms with E-state index in [1.165, 1.54) is 0 Å². The molecule has 2 aromatic heterocycles. The second-order valence-electron chi connectivity index (χ2n) is 3.67. The molecular formula is C13H13N3O. The molecule has 0 atom stereocenters. The number of pyridine rings is 2. The van der Waals surface area contributed by atoms with E-state index in [-0.39, 0.29) is 5.91 Å². The summed E-state index contributed by atoms with van der Waals surface area (Å²) in [5.74, 6) is 0.0000491. The number of aromatic nitrogens is 2. The number of nitrogens with one attached hydrogen (secondary N) is 1. The van der Waals surface area contributed by atoms with Crippen LogP contribution in [0.1, 0.15) is 11.1 Å². The number of amides is 1. The van der Waals surface area contributed by atoms with Crippen LogP contribution in [0, 0.1) is 0 Å². The molecule has 1 amide bonds. The molecule has 4 heteroatoms. The van der Waals surface area contributed by atoms with E-state index in [1.807, 2.05) is 24.3 Å². The molecule has 0 aliphatic rings. The van der Waals surface area contributed by atoms with Gasteiger partial charge in [-0.15, -0.1) is 0 Å². The molecule has 4 nitrogen and oxygen atoms in total. The summed E-state index contributed by atoms with van der Waals surface area (Å²) in [5, 5.41) is 2.85. The third-order valence-corrected chi connectivity index (χ3v) is 2.33. The Morgan fingerprint density at radius 2 is 1.88 bits per heavy atom. The molecule has 0 aliphatic heterocycles. The van der Waals surface area contributed by atoms with Crippen LogP contribution in [-0.2, 0) is 17.8 Å². The van der Waals surface area contributed by atoms with Crippen LogP contribution < -0.4 is 5.32 Å². The number of hydrogen-bond acceptors (Lipinski definition) is 3. The Morgan fingerprint density at radius 3 is 2.59 bits per heavy atom. The third-order valence-electron chi connectivity index (χ3n) is 2.33. The second-order valence-corrected chi connectivity index (χ2v) is 3.67. The average molecular weight is 227 g/mol. The molecule has 0 spiro atoms. The van der Waals surface area contributed by atoms with Crippen molar-refractivity contribution in [1.82, 2.24) is 15.3 Å². The monoisotopic (exact) mass is 227 g/mol. The van der Waals surface area contributed by atoms with Gasteiger partial charge in [-0.2, -0.15) is 0 Å². The molecule has 2 heterocycles. The number of hydrogen-bond donors (Lipinski definition) is 1. The van der Waals surface area contributed by atoms with Gasteiger partial charge in [0.2, 0.25) is 5.91 Å². The zero-order valence-corrected chi connectivity index (χ0v) is 9.34. The Balaban J connectivity index is 1.83. The first-order chi connectivity index (χ1) is 8.34. The molecule has 2 aromatic rings. The summed E-state index contributed by atoms with van der Waals surface area (Å²) in [6.07, 6.45) is 7.20.